The van der Waals surface area contributed by atoms with Crippen molar-refractivity contribution in [2.45, 2.75) is 63.6 Å². The summed E-state index contributed by atoms with van der Waals surface area (Å²) >= 11 is 0. The molecule has 3 rings (SSSR count). The third-order valence-corrected chi connectivity index (χ3v) is 5.10. The lowest BCUT2D eigenvalue weighted by Crippen LogP contribution is -2.36. The van der Waals surface area contributed by atoms with Gasteiger partial charge in [-0.25, -0.2) is 4.79 Å². The van der Waals surface area contributed by atoms with Crippen molar-refractivity contribution in [3.63, 3.8) is 0 Å². The molecule has 2 aliphatic rings. The molecule has 10 heteroatoms. The second kappa shape index (κ2) is 9.86. The first-order valence-electron chi connectivity index (χ1n) is 9.92. The van der Waals surface area contributed by atoms with Gasteiger partial charge in [0.2, 0.25) is 0 Å². The molecule has 2 aliphatic heterocycles. The average Bonchev–Trinajstić information content (AvgIpc) is 3.28. The van der Waals surface area contributed by atoms with Crippen molar-refractivity contribution in [2.24, 2.45) is 0 Å². The number of nitrogens with zero attached hydrogens (tertiary/aromatic N) is 1. The van der Waals surface area contributed by atoms with Crippen molar-refractivity contribution in [1.29, 1.82) is 0 Å². The van der Waals surface area contributed by atoms with Crippen LogP contribution in [0.2, 0.25) is 0 Å². The van der Waals surface area contributed by atoms with Crippen LogP contribution in [0.4, 0.5) is 0 Å². The summed E-state index contributed by atoms with van der Waals surface area (Å²) < 4.78 is 22.1. The highest BCUT2D eigenvalue weighted by molar-refractivity contribution is 5.91. The normalized spacial score (nSPS) is 25.9. The molecule has 2 fully saturated rings. The van der Waals surface area contributed by atoms with E-state index >= 15 is 0 Å². The second-order valence-corrected chi connectivity index (χ2v) is 7.23. The predicted molar refractivity (Wildman–Crippen MR) is 101 cm³/mol. The monoisotopic (exact) mass is 423 g/mol. The van der Waals surface area contributed by atoms with Gasteiger partial charge in [-0.05, 0) is 18.9 Å². The molecular weight excluding hydrogens is 398 g/mol. The van der Waals surface area contributed by atoms with Gasteiger partial charge in [-0.1, -0.05) is 31.5 Å². The predicted octanol–water partition coefficient (Wildman–Crippen LogP) is 2.38. The highest BCUT2D eigenvalue weighted by atomic mass is 17.0. The molecular formula is C20H25NO9. The Labute approximate surface area is 173 Å². The maximum atomic E-state index is 12.9. The summed E-state index contributed by atoms with van der Waals surface area (Å²) in [7, 11) is 0. The van der Waals surface area contributed by atoms with E-state index in [1.165, 1.54) is 6.92 Å². The van der Waals surface area contributed by atoms with Crippen LogP contribution in [0.25, 0.3) is 0 Å². The minimum absolute atomic E-state index is 0.0213. The van der Waals surface area contributed by atoms with Crippen molar-refractivity contribution < 1.29 is 38.5 Å². The molecule has 2 heterocycles. The number of rotatable bonds is 9. The van der Waals surface area contributed by atoms with E-state index < -0.39 is 47.5 Å². The molecule has 1 aromatic rings. The van der Waals surface area contributed by atoms with Crippen molar-refractivity contribution in [2.75, 3.05) is 13.2 Å². The molecule has 0 amide bonds. The number of ether oxygens (including phenoxy) is 4. The van der Waals surface area contributed by atoms with E-state index in [-0.39, 0.29) is 13.2 Å². The maximum absolute atomic E-state index is 12.9. The molecule has 0 bridgehead atoms. The van der Waals surface area contributed by atoms with Crippen molar-refractivity contribution in [3.05, 3.63) is 45.5 Å². The van der Waals surface area contributed by atoms with E-state index in [1.54, 1.807) is 24.3 Å². The van der Waals surface area contributed by atoms with Crippen LogP contribution in [0.5, 0.6) is 0 Å². The highest BCUT2D eigenvalue weighted by Gasteiger charge is 2.51. The van der Waals surface area contributed by atoms with Crippen LogP contribution < -0.4 is 0 Å². The summed E-state index contributed by atoms with van der Waals surface area (Å²) in [4.78, 5) is 39.6. The highest BCUT2D eigenvalue weighted by Crippen LogP contribution is 2.32. The van der Waals surface area contributed by atoms with E-state index in [9.17, 15) is 19.7 Å². The van der Waals surface area contributed by atoms with Gasteiger partial charge >= 0.3 is 11.9 Å². The third kappa shape index (κ3) is 5.06. The maximum Gasteiger partial charge on any atom is 0.339 e. The number of carbonyl (C=O) groups excluding carboxylic acids is 2. The molecule has 0 N–H and O–H groups in total. The Morgan fingerprint density at radius 3 is 2.53 bits per heavy atom. The van der Waals surface area contributed by atoms with Crippen LogP contribution in [-0.2, 0) is 28.6 Å². The fraction of sp³-hybridized carbons (Fsp3) is 0.600. The van der Waals surface area contributed by atoms with E-state index in [2.05, 4.69) is 4.84 Å². The van der Waals surface area contributed by atoms with E-state index in [1.807, 2.05) is 6.92 Å². The van der Waals surface area contributed by atoms with Gasteiger partial charge in [-0.15, -0.1) is 10.1 Å². The molecule has 2 unspecified atom stereocenters. The van der Waals surface area contributed by atoms with Crippen LogP contribution >= 0.6 is 0 Å². The first-order valence-corrected chi connectivity index (χ1v) is 9.92. The van der Waals surface area contributed by atoms with Crippen LogP contribution in [-0.4, -0.2) is 54.7 Å². The Morgan fingerprint density at radius 2 is 1.87 bits per heavy atom. The number of carbonyl (C=O) groups is 2. The number of benzene rings is 1. The molecule has 30 heavy (non-hydrogen) atoms. The third-order valence-electron chi connectivity index (χ3n) is 5.10. The first-order chi connectivity index (χ1) is 14.4. The fourth-order valence-electron chi connectivity index (χ4n) is 3.76. The quantitative estimate of drug-likeness (QED) is 0.334. The van der Waals surface area contributed by atoms with Gasteiger partial charge in [-0.3, -0.25) is 4.79 Å². The second-order valence-electron chi connectivity index (χ2n) is 7.23. The molecule has 5 atom stereocenters. The van der Waals surface area contributed by atoms with Crippen molar-refractivity contribution in [3.8, 4) is 0 Å². The van der Waals surface area contributed by atoms with Gasteiger partial charge in [0, 0.05) is 12.5 Å². The molecule has 0 radical (unpaired) electrons. The Kier molecular flexibility index (Phi) is 7.22. The molecule has 0 aliphatic carbocycles. The number of hydrogen-bond acceptors (Lipinski definition) is 9. The molecule has 0 aromatic heterocycles. The lowest BCUT2D eigenvalue weighted by atomic mass is 9.98. The zero-order valence-corrected chi connectivity index (χ0v) is 16.9. The summed E-state index contributed by atoms with van der Waals surface area (Å²) in [6, 6.07) is 6.82. The van der Waals surface area contributed by atoms with Crippen LogP contribution in [0, 0.1) is 10.1 Å². The fourth-order valence-corrected chi connectivity index (χ4v) is 3.76. The molecule has 1 aromatic carbocycles. The summed E-state index contributed by atoms with van der Waals surface area (Å²) in [6.45, 7) is 3.38. The largest absolute Gasteiger partial charge is 0.458 e. The number of unbranched alkanes of at least 4 members (excludes halogenated alkanes) is 1. The summed E-state index contributed by atoms with van der Waals surface area (Å²) in [5.41, 5.74) is 0.864. The number of hydrogen-bond donors (Lipinski definition) is 0. The van der Waals surface area contributed by atoms with Gasteiger partial charge < -0.3 is 23.8 Å². The topological polar surface area (TPSA) is 123 Å². The zero-order chi connectivity index (χ0) is 21.7. The van der Waals surface area contributed by atoms with Gasteiger partial charge in [0.1, 0.15) is 18.3 Å². The summed E-state index contributed by atoms with van der Waals surface area (Å²) in [6.07, 6.45) is -1.13. The Bertz CT molecular complexity index is 783. The van der Waals surface area contributed by atoms with Gasteiger partial charge in [-0.2, -0.15) is 0 Å². The summed E-state index contributed by atoms with van der Waals surface area (Å²) in [5, 5.41) is 9.70. The van der Waals surface area contributed by atoms with Crippen molar-refractivity contribution in [1.82, 2.24) is 0 Å². The zero-order valence-electron chi connectivity index (χ0n) is 16.9. The smallest absolute Gasteiger partial charge is 0.339 e. The standard InChI is InChI=1S/C20H25NO9/c1-3-4-9-15(28-12(2)22)13-7-5-6-8-14(13)20(23)29-16-10-26-19-17(30-21(24)25)11-27-18(16)19/h5-8,15-19H,3-4,9-11H2,1-2H3/t15?,16?,17-,18-,19-/m1/s1. The van der Waals surface area contributed by atoms with E-state index in [4.69, 9.17) is 18.9 Å². The molecule has 10 nitrogen and oxygen atoms in total. The lowest BCUT2D eigenvalue weighted by molar-refractivity contribution is -0.769. The van der Waals surface area contributed by atoms with Crippen LogP contribution in [0.15, 0.2) is 24.3 Å². The number of fused-ring (bicyclic) bond motifs is 1. The summed E-state index contributed by atoms with van der Waals surface area (Å²) in [5.74, 6) is -1.03. The minimum atomic E-state index is -0.888. The SMILES string of the molecule is CCCCC(OC(C)=O)c1ccccc1C(=O)OC1CO[C@H]2[C@@H]1OC[C@H]2O[N+](=O)[O-]. The molecule has 0 spiro atoms. The number of esters is 2. The molecule has 2 saturated heterocycles. The average molecular weight is 423 g/mol. The minimum Gasteiger partial charge on any atom is -0.458 e. The van der Waals surface area contributed by atoms with Crippen molar-refractivity contribution >= 4 is 11.9 Å². The van der Waals surface area contributed by atoms with Crippen LogP contribution in [0.1, 0.15) is 55.1 Å². The van der Waals surface area contributed by atoms with Gasteiger partial charge in [0.25, 0.3) is 5.09 Å². The van der Waals surface area contributed by atoms with Gasteiger partial charge in [0.05, 0.1) is 18.8 Å². The first kappa shape index (κ1) is 22.0. The Hall–Kier alpha value is -2.72. The van der Waals surface area contributed by atoms with E-state index in [0.29, 0.717) is 17.5 Å². The van der Waals surface area contributed by atoms with Gasteiger partial charge in [0.15, 0.2) is 12.2 Å². The molecule has 0 saturated carbocycles. The Balaban J connectivity index is 1.72. The van der Waals surface area contributed by atoms with E-state index in [0.717, 1.165) is 12.8 Å². The van der Waals surface area contributed by atoms with Crippen LogP contribution in [0.3, 0.4) is 0 Å². The Morgan fingerprint density at radius 1 is 1.20 bits per heavy atom. The lowest BCUT2D eigenvalue weighted by Gasteiger charge is -2.21. The molecule has 164 valence electrons.